The Hall–Kier alpha value is -3.88. The number of β-lactam (4-membered cyclic amide) rings is 1. The molecule has 0 saturated carbocycles. The second-order valence-electron chi connectivity index (χ2n) is 8.10. The summed E-state index contributed by atoms with van der Waals surface area (Å²) in [7, 11) is 0. The quantitative estimate of drug-likeness (QED) is 0.245. The second kappa shape index (κ2) is 10.2. The molecule has 1 aliphatic heterocycles. The van der Waals surface area contributed by atoms with Crippen LogP contribution in [0, 0.1) is 11.7 Å². The van der Waals surface area contributed by atoms with E-state index in [4.69, 9.17) is 4.74 Å². The van der Waals surface area contributed by atoms with Gasteiger partial charge >= 0.3 is 12.3 Å². The Labute approximate surface area is 198 Å². The number of carbonyl (C=O) groups is 2. The van der Waals surface area contributed by atoms with Crippen molar-refractivity contribution in [2.45, 2.75) is 31.3 Å². The molecule has 1 amide bonds. The second-order valence-corrected chi connectivity index (χ2v) is 8.10. The molecule has 0 bridgehead atoms. The monoisotopic (exact) mass is 487 g/mol. The van der Waals surface area contributed by atoms with Gasteiger partial charge in [-0.1, -0.05) is 42.5 Å². The minimum absolute atomic E-state index is 0.210. The van der Waals surface area contributed by atoms with Crippen LogP contribution in [-0.4, -0.2) is 18.2 Å². The zero-order chi connectivity index (χ0) is 25.0. The lowest BCUT2D eigenvalue weighted by molar-refractivity contribution is -0.274. The summed E-state index contributed by atoms with van der Waals surface area (Å²) in [5, 5.41) is 2.76. The van der Waals surface area contributed by atoms with Crippen molar-refractivity contribution in [3.8, 4) is 5.75 Å². The topological polar surface area (TPSA) is 64.6 Å². The summed E-state index contributed by atoms with van der Waals surface area (Å²) >= 11 is 0. The fourth-order valence-corrected chi connectivity index (χ4v) is 3.98. The summed E-state index contributed by atoms with van der Waals surface area (Å²) in [6.45, 7) is 0. The minimum Gasteiger partial charge on any atom is -0.454 e. The Morgan fingerprint density at radius 3 is 2.20 bits per heavy atom. The number of carbonyl (C=O) groups excluding carboxylic acids is 2. The first-order chi connectivity index (χ1) is 16.7. The van der Waals surface area contributed by atoms with Crippen molar-refractivity contribution >= 4 is 11.9 Å². The number of hydrogen-bond donors (Lipinski definition) is 1. The van der Waals surface area contributed by atoms with Gasteiger partial charge in [0.05, 0.1) is 17.5 Å². The molecule has 1 heterocycles. The number of hydrogen-bond acceptors (Lipinski definition) is 4. The standard InChI is InChI=1S/C26H21F4NO4/c27-19-10-6-16(7-11-19)22(34-25(33)18-4-2-1-3-5-18)15-14-21-23(31-24(21)32)17-8-12-20(13-9-17)35-26(28,29)30/h1-13,21-23H,14-15H2,(H,31,32)/t21-,22?,23-/m1/s1. The maximum atomic E-state index is 13.4. The van der Waals surface area contributed by atoms with Crippen molar-refractivity contribution in [1.82, 2.24) is 5.32 Å². The first-order valence-electron chi connectivity index (χ1n) is 10.9. The van der Waals surface area contributed by atoms with Gasteiger partial charge in [0.1, 0.15) is 17.7 Å². The van der Waals surface area contributed by atoms with Gasteiger partial charge in [-0.3, -0.25) is 4.79 Å². The first-order valence-corrected chi connectivity index (χ1v) is 10.9. The van der Waals surface area contributed by atoms with E-state index in [1.165, 1.54) is 48.5 Å². The Kier molecular flexibility index (Phi) is 7.04. The number of halogens is 4. The Morgan fingerprint density at radius 2 is 1.60 bits per heavy atom. The maximum Gasteiger partial charge on any atom is 0.573 e. The number of ether oxygens (including phenoxy) is 2. The van der Waals surface area contributed by atoms with E-state index in [1.54, 1.807) is 30.3 Å². The van der Waals surface area contributed by atoms with E-state index < -0.39 is 36.2 Å². The van der Waals surface area contributed by atoms with Crippen molar-refractivity contribution < 1.29 is 36.6 Å². The van der Waals surface area contributed by atoms with E-state index in [9.17, 15) is 27.2 Å². The Balaban J connectivity index is 1.45. The molecule has 1 unspecified atom stereocenters. The van der Waals surface area contributed by atoms with Crippen LogP contribution in [0.15, 0.2) is 78.9 Å². The molecule has 9 heteroatoms. The molecule has 0 aliphatic carbocycles. The summed E-state index contributed by atoms with van der Waals surface area (Å²) in [5.74, 6) is -2.01. The fraction of sp³-hybridized carbons (Fsp3) is 0.231. The Morgan fingerprint density at radius 1 is 0.943 bits per heavy atom. The average Bonchev–Trinajstić information content (AvgIpc) is 2.82. The van der Waals surface area contributed by atoms with Gasteiger partial charge in [0.25, 0.3) is 0 Å². The van der Waals surface area contributed by atoms with Crippen LogP contribution in [0.4, 0.5) is 17.6 Å². The van der Waals surface area contributed by atoms with Gasteiger partial charge in [-0.05, 0) is 60.4 Å². The molecule has 3 aromatic rings. The van der Waals surface area contributed by atoms with Crippen LogP contribution in [0.3, 0.4) is 0 Å². The van der Waals surface area contributed by atoms with Crippen molar-refractivity contribution in [1.29, 1.82) is 0 Å². The van der Waals surface area contributed by atoms with Crippen LogP contribution < -0.4 is 10.1 Å². The van der Waals surface area contributed by atoms with Crippen LogP contribution in [-0.2, 0) is 9.53 Å². The predicted octanol–water partition coefficient (Wildman–Crippen LogP) is 5.89. The molecule has 0 radical (unpaired) electrons. The molecule has 1 N–H and O–H groups in total. The van der Waals surface area contributed by atoms with Crippen LogP contribution in [0.2, 0.25) is 0 Å². The smallest absolute Gasteiger partial charge is 0.454 e. The molecule has 4 rings (SSSR count). The summed E-state index contributed by atoms with van der Waals surface area (Å²) in [4.78, 5) is 24.9. The lowest BCUT2D eigenvalue weighted by Crippen LogP contribution is -2.51. The molecule has 5 nitrogen and oxygen atoms in total. The zero-order valence-corrected chi connectivity index (χ0v) is 18.3. The number of esters is 1. The van der Waals surface area contributed by atoms with Crippen molar-refractivity contribution in [2.24, 2.45) is 5.92 Å². The molecule has 0 aromatic heterocycles. The van der Waals surface area contributed by atoms with Crippen LogP contribution >= 0.6 is 0 Å². The van der Waals surface area contributed by atoms with Gasteiger partial charge in [-0.15, -0.1) is 13.2 Å². The van der Waals surface area contributed by atoms with E-state index in [0.717, 1.165) is 0 Å². The summed E-state index contributed by atoms with van der Waals surface area (Å²) < 4.78 is 60.2. The first kappa shape index (κ1) is 24.3. The third kappa shape index (κ3) is 6.17. The minimum atomic E-state index is -4.79. The van der Waals surface area contributed by atoms with Gasteiger partial charge in [-0.2, -0.15) is 0 Å². The van der Waals surface area contributed by atoms with Gasteiger partial charge in [0, 0.05) is 0 Å². The highest BCUT2D eigenvalue weighted by Crippen LogP contribution is 2.37. The van der Waals surface area contributed by atoms with Crippen LogP contribution in [0.25, 0.3) is 0 Å². The summed E-state index contributed by atoms with van der Waals surface area (Å²) in [5.41, 5.74) is 1.57. The van der Waals surface area contributed by atoms with E-state index in [0.29, 0.717) is 23.1 Å². The lowest BCUT2D eigenvalue weighted by Gasteiger charge is -2.38. The number of amides is 1. The van der Waals surface area contributed by atoms with E-state index in [2.05, 4.69) is 10.1 Å². The Bertz CT molecular complexity index is 1160. The highest BCUT2D eigenvalue weighted by Gasteiger charge is 2.40. The van der Waals surface area contributed by atoms with Crippen LogP contribution in [0.5, 0.6) is 5.75 Å². The molecule has 35 heavy (non-hydrogen) atoms. The molecule has 1 fully saturated rings. The molecule has 1 aliphatic rings. The third-order valence-electron chi connectivity index (χ3n) is 5.75. The maximum absolute atomic E-state index is 13.4. The third-order valence-corrected chi connectivity index (χ3v) is 5.75. The molecule has 3 aromatic carbocycles. The number of nitrogens with one attached hydrogen (secondary N) is 1. The summed E-state index contributed by atoms with van der Waals surface area (Å²) in [6, 6.07) is 18.9. The van der Waals surface area contributed by atoms with Gasteiger partial charge in [0.15, 0.2) is 0 Å². The SMILES string of the molecule is O=C(OC(CC[C@H]1C(=O)N[C@@H]1c1ccc(OC(F)(F)F)cc1)c1ccc(F)cc1)c1ccccc1. The van der Waals surface area contributed by atoms with Crippen molar-refractivity contribution in [3.63, 3.8) is 0 Å². The number of benzene rings is 3. The normalized spacial score (nSPS) is 18.2. The van der Waals surface area contributed by atoms with E-state index in [1.807, 2.05) is 0 Å². The van der Waals surface area contributed by atoms with Crippen molar-refractivity contribution in [3.05, 3.63) is 101 Å². The highest BCUT2D eigenvalue weighted by molar-refractivity contribution is 5.89. The average molecular weight is 487 g/mol. The van der Waals surface area contributed by atoms with Gasteiger partial charge in [0.2, 0.25) is 5.91 Å². The molecular formula is C26H21F4NO4. The predicted molar refractivity (Wildman–Crippen MR) is 118 cm³/mol. The summed E-state index contributed by atoms with van der Waals surface area (Å²) in [6.07, 6.45) is -4.89. The lowest BCUT2D eigenvalue weighted by atomic mass is 9.81. The van der Waals surface area contributed by atoms with E-state index >= 15 is 0 Å². The van der Waals surface area contributed by atoms with Crippen LogP contribution in [0.1, 0.15) is 46.5 Å². The molecule has 1 saturated heterocycles. The molecule has 182 valence electrons. The van der Waals surface area contributed by atoms with E-state index in [-0.39, 0.29) is 18.1 Å². The molecular weight excluding hydrogens is 466 g/mol. The molecule has 3 atom stereocenters. The largest absolute Gasteiger partial charge is 0.573 e. The van der Waals surface area contributed by atoms with Gasteiger partial charge in [-0.25, -0.2) is 9.18 Å². The number of alkyl halides is 3. The number of rotatable bonds is 8. The zero-order valence-electron chi connectivity index (χ0n) is 18.3. The highest BCUT2D eigenvalue weighted by atomic mass is 19.4. The molecule has 0 spiro atoms. The van der Waals surface area contributed by atoms with Gasteiger partial charge < -0.3 is 14.8 Å². The van der Waals surface area contributed by atoms with Crippen molar-refractivity contribution in [2.75, 3.05) is 0 Å². The fourth-order valence-electron chi connectivity index (χ4n) is 3.98.